The Morgan fingerprint density at radius 1 is 0.967 bits per heavy atom. The van der Waals surface area contributed by atoms with Gasteiger partial charge >= 0.3 is 5.97 Å². The lowest BCUT2D eigenvalue weighted by Crippen LogP contribution is -2.03. The number of nitrogens with zero attached hydrogens (tertiary/aromatic N) is 2. The highest BCUT2D eigenvalue weighted by Crippen LogP contribution is 2.29. The largest absolute Gasteiger partial charge is 0.427 e. The fraction of sp³-hybridized carbons (Fsp3) is 0.0435. The monoisotopic (exact) mass is 417 g/mol. The van der Waals surface area contributed by atoms with Crippen molar-refractivity contribution < 1.29 is 14.3 Å². The number of rotatable bonds is 5. The average Bonchev–Trinajstić information content (AvgIpc) is 2.74. The maximum Gasteiger partial charge on any atom is 0.308 e. The third kappa shape index (κ3) is 4.14. The summed E-state index contributed by atoms with van der Waals surface area (Å²) in [7, 11) is 0. The minimum absolute atomic E-state index is 0.148. The number of benzene rings is 3. The Hall–Kier alpha value is -3.77. The zero-order chi connectivity index (χ0) is 21.1. The Labute approximate surface area is 177 Å². The number of fused-ring (bicyclic) bond motifs is 1. The van der Waals surface area contributed by atoms with Gasteiger partial charge in [-0.05, 0) is 36.4 Å². The predicted molar refractivity (Wildman–Crippen MR) is 115 cm³/mol. The Bertz CT molecular complexity index is 1260. The number of ether oxygens (including phenoxy) is 1. The van der Waals surface area contributed by atoms with E-state index in [0.717, 1.165) is 0 Å². The summed E-state index contributed by atoms with van der Waals surface area (Å²) in [6.07, 6.45) is 1.44. The van der Waals surface area contributed by atoms with Crippen molar-refractivity contribution in [2.75, 3.05) is 5.32 Å². The van der Waals surface area contributed by atoms with E-state index in [0.29, 0.717) is 44.3 Å². The summed E-state index contributed by atoms with van der Waals surface area (Å²) < 4.78 is 5.15. The standard InChI is InChI=1S/C23H16ClN3O3/c1-14(28)30-17-8-10-21-19(12-17)23(26-13-25-21)27-16-7-9-18(20(24)11-16)22(29)15-5-3-2-4-6-15/h2-13H,1H3,(H,25,26,27). The molecular formula is C23H16ClN3O3. The second-order valence-corrected chi connectivity index (χ2v) is 6.92. The SMILES string of the molecule is CC(=O)Oc1ccc2ncnc(Nc3ccc(C(=O)c4ccccc4)c(Cl)c3)c2c1. The van der Waals surface area contributed by atoms with Gasteiger partial charge in [-0.25, -0.2) is 9.97 Å². The van der Waals surface area contributed by atoms with Gasteiger partial charge in [0.05, 0.1) is 10.5 Å². The van der Waals surface area contributed by atoms with E-state index in [1.54, 1.807) is 60.7 Å². The molecule has 0 aliphatic carbocycles. The first-order chi connectivity index (χ1) is 14.5. The van der Waals surface area contributed by atoms with Crippen molar-refractivity contribution in [1.29, 1.82) is 0 Å². The van der Waals surface area contributed by atoms with Gasteiger partial charge in [0, 0.05) is 29.1 Å². The highest BCUT2D eigenvalue weighted by Gasteiger charge is 2.14. The van der Waals surface area contributed by atoms with Crippen molar-refractivity contribution in [3.8, 4) is 5.75 Å². The number of carbonyl (C=O) groups is 2. The van der Waals surface area contributed by atoms with Gasteiger partial charge in [-0.3, -0.25) is 9.59 Å². The Balaban J connectivity index is 1.64. The molecule has 1 N–H and O–H groups in total. The molecule has 148 valence electrons. The lowest BCUT2D eigenvalue weighted by Gasteiger charge is -2.11. The molecule has 4 rings (SSSR count). The van der Waals surface area contributed by atoms with E-state index in [-0.39, 0.29) is 5.78 Å². The van der Waals surface area contributed by atoms with Gasteiger partial charge in [-0.15, -0.1) is 0 Å². The van der Waals surface area contributed by atoms with Crippen molar-refractivity contribution in [2.45, 2.75) is 6.92 Å². The van der Waals surface area contributed by atoms with Gasteiger partial charge in [-0.1, -0.05) is 41.9 Å². The van der Waals surface area contributed by atoms with E-state index in [4.69, 9.17) is 16.3 Å². The third-order valence-corrected chi connectivity index (χ3v) is 4.69. The van der Waals surface area contributed by atoms with Crippen molar-refractivity contribution in [3.63, 3.8) is 0 Å². The zero-order valence-electron chi connectivity index (χ0n) is 15.9. The predicted octanol–water partition coefficient (Wildman–Crippen LogP) is 5.18. The smallest absolute Gasteiger partial charge is 0.308 e. The molecule has 0 atom stereocenters. The van der Waals surface area contributed by atoms with Gasteiger partial charge < -0.3 is 10.1 Å². The number of carbonyl (C=O) groups excluding carboxylic acids is 2. The maximum absolute atomic E-state index is 12.7. The van der Waals surface area contributed by atoms with Crippen LogP contribution in [0.15, 0.2) is 73.1 Å². The van der Waals surface area contributed by atoms with Gasteiger partial charge in [0.15, 0.2) is 5.78 Å². The summed E-state index contributed by atoms with van der Waals surface area (Å²) in [4.78, 5) is 32.4. The molecular weight excluding hydrogens is 402 g/mol. The van der Waals surface area contributed by atoms with Gasteiger partial charge in [-0.2, -0.15) is 0 Å². The zero-order valence-corrected chi connectivity index (χ0v) is 16.7. The van der Waals surface area contributed by atoms with Crippen molar-refractivity contribution in [2.24, 2.45) is 0 Å². The van der Waals surface area contributed by atoms with Crippen LogP contribution in [0.1, 0.15) is 22.8 Å². The summed E-state index contributed by atoms with van der Waals surface area (Å²) in [5.74, 6) is 0.360. The first-order valence-corrected chi connectivity index (χ1v) is 9.48. The average molecular weight is 418 g/mol. The lowest BCUT2D eigenvalue weighted by molar-refractivity contribution is -0.131. The number of anilines is 2. The summed E-state index contributed by atoms with van der Waals surface area (Å²) in [5.41, 5.74) is 2.32. The molecule has 0 unspecified atom stereocenters. The number of nitrogens with one attached hydrogen (secondary N) is 1. The Morgan fingerprint density at radius 3 is 2.50 bits per heavy atom. The fourth-order valence-electron chi connectivity index (χ4n) is 3.02. The number of esters is 1. The molecule has 0 amide bonds. The molecule has 0 aliphatic rings. The highest BCUT2D eigenvalue weighted by molar-refractivity contribution is 6.35. The molecule has 0 saturated carbocycles. The molecule has 0 saturated heterocycles. The molecule has 6 nitrogen and oxygen atoms in total. The van der Waals surface area contributed by atoms with Crippen LogP contribution in [-0.2, 0) is 4.79 Å². The van der Waals surface area contributed by atoms with E-state index >= 15 is 0 Å². The van der Waals surface area contributed by atoms with Crippen LogP contribution >= 0.6 is 11.6 Å². The second kappa shape index (κ2) is 8.31. The maximum atomic E-state index is 12.7. The summed E-state index contributed by atoms with van der Waals surface area (Å²) in [6.45, 7) is 1.34. The summed E-state index contributed by atoms with van der Waals surface area (Å²) in [5, 5.41) is 4.19. The number of hydrogen-bond donors (Lipinski definition) is 1. The topological polar surface area (TPSA) is 81.2 Å². The Kier molecular flexibility index (Phi) is 5.41. The lowest BCUT2D eigenvalue weighted by atomic mass is 10.0. The number of aromatic nitrogens is 2. The first kappa shape index (κ1) is 19.5. The minimum atomic E-state index is -0.411. The third-order valence-electron chi connectivity index (χ3n) is 4.38. The van der Waals surface area contributed by atoms with E-state index in [9.17, 15) is 9.59 Å². The van der Waals surface area contributed by atoms with Gasteiger partial charge in [0.2, 0.25) is 0 Å². The van der Waals surface area contributed by atoms with Crippen LogP contribution in [0, 0.1) is 0 Å². The van der Waals surface area contributed by atoms with Crippen LogP contribution in [0.3, 0.4) is 0 Å². The molecule has 0 bridgehead atoms. The molecule has 0 spiro atoms. The molecule has 4 aromatic rings. The van der Waals surface area contributed by atoms with Gasteiger partial charge in [0.25, 0.3) is 0 Å². The molecule has 3 aromatic carbocycles. The molecule has 1 aromatic heterocycles. The van der Waals surface area contributed by atoms with E-state index in [2.05, 4.69) is 15.3 Å². The van der Waals surface area contributed by atoms with Gasteiger partial charge in [0.1, 0.15) is 17.9 Å². The molecule has 7 heteroatoms. The highest BCUT2D eigenvalue weighted by atomic mass is 35.5. The summed E-state index contributed by atoms with van der Waals surface area (Å²) in [6, 6.07) is 19.2. The molecule has 0 fully saturated rings. The minimum Gasteiger partial charge on any atom is -0.427 e. The normalized spacial score (nSPS) is 10.6. The van der Waals surface area contributed by atoms with Crippen LogP contribution < -0.4 is 10.1 Å². The second-order valence-electron chi connectivity index (χ2n) is 6.51. The number of halogens is 1. The van der Waals surface area contributed by atoms with Crippen molar-refractivity contribution in [3.05, 3.63) is 89.2 Å². The molecule has 0 radical (unpaired) electrons. The van der Waals surface area contributed by atoms with Crippen molar-refractivity contribution >= 4 is 45.8 Å². The van der Waals surface area contributed by atoms with Crippen molar-refractivity contribution in [1.82, 2.24) is 9.97 Å². The van der Waals surface area contributed by atoms with Crippen LogP contribution in [0.2, 0.25) is 5.02 Å². The van der Waals surface area contributed by atoms with E-state index < -0.39 is 5.97 Å². The summed E-state index contributed by atoms with van der Waals surface area (Å²) >= 11 is 6.39. The number of hydrogen-bond acceptors (Lipinski definition) is 6. The Morgan fingerprint density at radius 2 is 1.77 bits per heavy atom. The fourth-order valence-corrected chi connectivity index (χ4v) is 3.29. The van der Waals surface area contributed by atoms with Crippen LogP contribution in [0.5, 0.6) is 5.75 Å². The van der Waals surface area contributed by atoms with Crippen LogP contribution in [-0.4, -0.2) is 21.7 Å². The van der Waals surface area contributed by atoms with Crippen LogP contribution in [0.25, 0.3) is 10.9 Å². The quantitative estimate of drug-likeness (QED) is 0.273. The molecule has 30 heavy (non-hydrogen) atoms. The molecule has 0 aliphatic heterocycles. The number of ketones is 1. The molecule has 1 heterocycles. The first-order valence-electron chi connectivity index (χ1n) is 9.11. The van der Waals surface area contributed by atoms with Crippen LogP contribution in [0.4, 0.5) is 11.5 Å². The van der Waals surface area contributed by atoms with E-state index in [1.165, 1.54) is 13.3 Å². The van der Waals surface area contributed by atoms with E-state index in [1.807, 2.05) is 6.07 Å².